The minimum absolute atomic E-state index is 0. The zero-order valence-corrected chi connectivity index (χ0v) is 20.5. The summed E-state index contributed by atoms with van der Waals surface area (Å²) >= 11 is 0. The normalized spacial score (nSPS) is 11.3. The van der Waals surface area contributed by atoms with Crippen LogP contribution < -0.4 is 10.6 Å². The van der Waals surface area contributed by atoms with Crippen molar-refractivity contribution in [2.45, 2.75) is 32.9 Å². The number of guanidine groups is 1. The molecule has 0 spiro atoms. The standard InChI is InChI=1S/C23H28N8.HI/c1-2-24-23(25-13-7-12-22-29-28-21-11-5-6-16-31(21)22)26-17-19-9-3-4-10-20(19)18-30-15-8-14-27-30;/h3-6,8-11,14-16H,2,7,12-13,17-18H2,1H3,(H2,24,25,26);1H. The summed E-state index contributed by atoms with van der Waals surface area (Å²) in [5, 5.41) is 19.6. The molecule has 0 fully saturated rings. The van der Waals surface area contributed by atoms with E-state index in [9.17, 15) is 0 Å². The third kappa shape index (κ3) is 6.28. The summed E-state index contributed by atoms with van der Waals surface area (Å²) in [4.78, 5) is 4.79. The van der Waals surface area contributed by atoms with Crippen molar-refractivity contribution in [2.75, 3.05) is 13.1 Å². The van der Waals surface area contributed by atoms with E-state index in [2.05, 4.69) is 57.1 Å². The van der Waals surface area contributed by atoms with E-state index in [1.165, 1.54) is 11.1 Å². The fraction of sp³-hybridized carbons (Fsp3) is 0.304. The molecule has 0 aliphatic rings. The van der Waals surface area contributed by atoms with Gasteiger partial charge in [-0.05, 0) is 42.7 Å². The summed E-state index contributed by atoms with van der Waals surface area (Å²) in [5.74, 6) is 1.80. The van der Waals surface area contributed by atoms with Gasteiger partial charge in [0.05, 0.1) is 13.1 Å². The molecule has 0 amide bonds. The van der Waals surface area contributed by atoms with E-state index in [-0.39, 0.29) is 24.0 Å². The second-order valence-electron chi connectivity index (χ2n) is 7.24. The van der Waals surface area contributed by atoms with E-state index in [1.54, 1.807) is 6.20 Å². The molecule has 0 radical (unpaired) electrons. The third-order valence-corrected chi connectivity index (χ3v) is 5.02. The second kappa shape index (κ2) is 12.2. The van der Waals surface area contributed by atoms with Gasteiger partial charge in [0.25, 0.3) is 0 Å². The highest BCUT2D eigenvalue weighted by Crippen LogP contribution is 2.12. The summed E-state index contributed by atoms with van der Waals surface area (Å²) in [7, 11) is 0. The molecule has 4 aromatic rings. The Morgan fingerprint density at radius 1 is 0.969 bits per heavy atom. The Kier molecular flexibility index (Phi) is 9.02. The van der Waals surface area contributed by atoms with Crippen molar-refractivity contribution >= 4 is 35.6 Å². The van der Waals surface area contributed by atoms with Crippen LogP contribution in [0.2, 0.25) is 0 Å². The minimum atomic E-state index is 0. The first-order valence-corrected chi connectivity index (χ1v) is 10.7. The molecule has 32 heavy (non-hydrogen) atoms. The lowest BCUT2D eigenvalue weighted by molar-refractivity contribution is 0.680. The number of nitrogens with zero attached hydrogens (tertiary/aromatic N) is 6. The zero-order valence-electron chi connectivity index (χ0n) is 18.2. The Balaban J connectivity index is 0.00000289. The number of rotatable bonds is 9. The molecule has 1 aromatic carbocycles. The molecule has 8 nitrogen and oxygen atoms in total. The topological polar surface area (TPSA) is 84.4 Å². The second-order valence-corrected chi connectivity index (χ2v) is 7.24. The summed E-state index contributed by atoms with van der Waals surface area (Å²) in [6, 6.07) is 16.3. The highest BCUT2D eigenvalue weighted by molar-refractivity contribution is 14.0. The number of hydrogen-bond donors (Lipinski definition) is 2. The lowest BCUT2D eigenvalue weighted by atomic mass is 10.1. The number of halogens is 1. The quantitative estimate of drug-likeness (QED) is 0.146. The summed E-state index contributed by atoms with van der Waals surface area (Å²) in [6.45, 7) is 5.06. The molecule has 0 atom stereocenters. The van der Waals surface area contributed by atoms with Crippen molar-refractivity contribution in [1.29, 1.82) is 0 Å². The van der Waals surface area contributed by atoms with Crippen LogP contribution in [0.1, 0.15) is 30.3 Å². The van der Waals surface area contributed by atoms with Crippen LogP contribution in [0.15, 0.2) is 72.1 Å². The highest BCUT2D eigenvalue weighted by atomic mass is 127. The van der Waals surface area contributed by atoms with Crippen LogP contribution in [0.3, 0.4) is 0 Å². The SMILES string of the molecule is CCNC(=NCc1ccccc1Cn1cccn1)NCCCc1nnc2ccccn12.I. The average Bonchev–Trinajstić information content (AvgIpc) is 3.46. The minimum Gasteiger partial charge on any atom is -0.357 e. The van der Waals surface area contributed by atoms with Gasteiger partial charge in [-0.25, -0.2) is 4.99 Å². The maximum absolute atomic E-state index is 4.79. The number of aromatic nitrogens is 5. The Bertz CT molecular complexity index is 1120. The monoisotopic (exact) mass is 544 g/mol. The van der Waals surface area contributed by atoms with E-state index in [1.807, 2.05) is 45.7 Å². The predicted octanol–water partition coefficient (Wildman–Crippen LogP) is 3.28. The Morgan fingerprint density at radius 2 is 1.81 bits per heavy atom. The van der Waals surface area contributed by atoms with E-state index in [0.29, 0.717) is 6.54 Å². The molecule has 0 aliphatic heterocycles. The van der Waals surface area contributed by atoms with Gasteiger partial charge >= 0.3 is 0 Å². The van der Waals surface area contributed by atoms with Crippen molar-refractivity contribution in [1.82, 2.24) is 35.0 Å². The maximum Gasteiger partial charge on any atom is 0.191 e. The number of benzene rings is 1. The maximum atomic E-state index is 4.79. The van der Waals surface area contributed by atoms with Gasteiger partial charge in [-0.1, -0.05) is 30.3 Å². The fourth-order valence-corrected chi connectivity index (χ4v) is 3.46. The van der Waals surface area contributed by atoms with Crippen LogP contribution in [-0.2, 0) is 19.5 Å². The molecule has 0 saturated heterocycles. The number of nitrogens with one attached hydrogen (secondary N) is 2. The Labute approximate surface area is 205 Å². The van der Waals surface area contributed by atoms with Gasteiger partial charge in [0, 0.05) is 38.1 Å². The molecular weight excluding hydrogens is 515 g/mol. The Morgan fingerprint density at radius 3 is 2.62 bits per heavy atom. The molecule has 3 aromatic heterocycles. The summed E-state index contributed by atoms with van der Waals surface area (Å²) in [5.41, 5.74) is 3.31. The molecule has 0 aliphatic carbocycles. The van der Waals surface area contributed by atoms with Gasteiger partial charge in [-0.2, -0.15) is 5.10 Å². The van der Waals surface area contributed by atoms with Gasteiger partial charge < -0.3 is 10.6 Å². The molecule has 0 unspecified atom stereocenters. The smallest absolute Gasteiger partial charge is 0.191 e. The van der Waals surface area contributed by atoms with Crippen LogP contribution >= 0.6 is 24.0 Å². The number of aliphatic imine (C=N–C) groups is 1. The van der Waals surface area contributed by atoms with Gasteiger partial charge in [-0.15, -0.1) is 34.2 Å². The van der Waals surface area contributed by atoms with Crippen LogP contribution in [0, 0.1) is 0 Å². The lowest BCUT2D eigenvalue weighted by Crippen LogP contribution is -2.37. The molecular formula is C23H29IN8. The average molecular weight is 544 g/mol. The summed E-state index contributed by atoms with van der Waals surface area (Å²) in [6.07, 6.45) is 7.57. The van der Waals surface area contributed by atoms with Crippen LogP contribution in [-0.4, -0.2) is 43.4 Å². The van der Waals surface area contributed by atoms with Crippen molar-refractivity contribution in [2.24, 2.45) is 4.99 Å². The molecule has 4 rings (SSSR count). The first-order valence-electron chi connectivity index (χ1n) is 10.7. The molecule has 0 bridgehead atoms. The molecule has 9 heteroatoms. The summed E-state index contributed by atoms with van der Waals surface area (Å²) < 4.78 is 3.97. The number of fused-ring (bicyclic) bond motifs is 1. The van der Waals surface area contributed by atoms with Crippen molar-refractivity contribution in [3.05, 3.63) is 84.1 Å². The van der Waals surface area contributed by atoms with E-state index >= 15 is 0 Å². The molecule has 2 N–H and O–H groups in total. The van der Waals surface area contributed by atoms with Crippen molar-refractivity contribution in [3.8, 4) is 0 Å². The number of aryl methyl sites for hydroxylation is 1. The lowest BCUT2D eigenvalue weighted by Gasteiger charge is -2.12. The van der Waals surface area contributed by atoms with Gasteiger partial charge in [-0.3, -0.25) is 9.08 Å². The molecule has 3 heterocycles. The van der Waals surface area contributed by atoms with E-state index in [0.717, 1.165) is 49.9 Å². The fourth-order valence-electron chi connectivity index (χ4n) is 3.46. The largest absolute Gasteiger partial charge is 0.357 e. The van der Waals surface area contributed by atoms with Gasteiger partial charge in [0.1, 0.15) is 5.82 Å². The highest BCUT2D eigenvalue weighted by Gasteiger charge is 2.06. The Hall–Kier alpha value is -2.95. The van der Waals surface area contributed by atoms with E-state index in [4.69, 9.17) is 4.99 Å². The zero-order chi connectivity index (χ0) is 21.3. The number of hydrogen-bond acceptors (Lipinski definition) is 4. The van der Waals surface area contributed by atoms with Gasteiger partial charge in [0.15, 0.2) is 11.6 Å². The van der Waals surface area contributed by atoms with Crippen LogP contribution in [0.4, 0.5) is 0 Å². The molecule has 0 saturated carbocycles. The van der Waals surface area contributed by atoms with Crippen LogP contribution in [0.5, 0.6) is 0 Å². The third-order valence-electron chi connectivity index (χ3n) is 5.02. The van der Waals surface area contributed by atoms with Crippen LogP contribution in [0.25, 0.3) is 5.65 Å². The van der Waals surface area contributed by atoms with E-state index < -0.39 is 0 Å². The van der Waals surface area contributed by atoms with Gasteiger partial charge in [0.2, 0.25) is 0 Å². The molecule has 168 valence electrons. The first-order chi connectivity index (χ1) is 15.3. The van der Waals surface area contributed by atoms with Crippen molar-refractivity contribution in [3.63, 3.8) is 0 Å². The predicted molar refractivity (Wildman–Crippen MR) is 137 cm³/mol. The first kappa shape index (κ1) is 23.7. The van der Waals surface area contributed by atoms with Crippen molar-refractivity contribution < 1.29 is 0 Å². The number of pyridine rings is 1.